The Morgan fingerprint density at radius 1 is 1.27 bits per heavy atom. The maximum Gasteiger partial charge on any atom is 0.342 e. The molecular weight excluding hydrogens is 430 g/mol. The van der Waals surface area contributed by atoms with Gasteiger partial charge in [-0.2, -0.15) is 0 Å². The second-order valence-electron chi connectivity index (χ2n) is 6.51. The van der Waals surface area contributed by atoms with Crippen LogP contribution in [0.4, 0.5) is 11.4 Å². The highest BCUT2D eigenvalue weighted by Crippen LogP contribution is 2.32. The fourth-order valence-corrected chi connectivity index (χ4v) is 4.01. The van der Waals surface area contributed by atoms with Gasteiger partial charge in [0, 0.05) is 29.4 Å². The van der Waals surface area contributed by atoms with Crippen LogP contribution < -0.4 is 5.32 Å². The van der Waals surface area contributed by atoms with Crippen molar-refractivity contribution < 1.29 is 19.2 Å². The summed E-state index contributed by atoms with van der Waals surface area (Å²) in [7, 11) is 0. The Hall–Kier alpha value is -3.17. The lowest BCUT2D eigenvalue weighted by atomic mass is 10.1. The molecule has 1 aromatic carbocycles. The third-order valence-electron chi connectivity index (χ3n) is 4.48. The summed E-state index contributed by atoms with van der Waals surface area (Å²) in [5, 5.41) is 14.2. The lowest BCUT2D eigenvalue weighted by molar-refractivity contribution is -0.384. The van der Waals surface area contributed by atoms with E-state index in [1.54, 1.807) is 0 Å². The normalized spacial score (nSPS) is 11.7. The molecule has 0 aliphatic carbocycles. The van der Waals surface area contributed by atoms with E-state index in [-0.39, 0.29) is 16.4 Å². The van der Waals surface area contributed by atoms with Crippen LogP contribution in [-0.2, 0) is 9.53 Å². The van der Waals surface area contributed by atoms with Crippen molar-refractivity contribution in [3.8, 4) is 5.00 Å². The van der Waals surface area contributed by atoms with Crippen molar-refractivity contribution in [2.75, 3.05) is 5.32 Å². The number of amides is 1. The van der Waals surface area contributed by atoms with Crippen molar-refractivity contribution in [3.63, 3.8) is 0 Å². The second-order valence-corrected chi connectivity index (χ2v) is 8.12. The number of thiophene rings is 1. The molecule has 8 nitrogen and oxygen atoms in total. The second kappa shape index (κ2) is 8.68. The van der Waals surface area contributed by atoms with Crippen LogP contribution in [-0.4, -0.2) is 27.5 Å². The van der Waals surface area contributed by atoms with Crippen molar-refractivity contribution in [2.24, 2.45) is 0 Å². The number of nitrogens with one attached hydrogen (secondary N) is 1. The number of aryl methyl sites for hydroxylation is 1. The number of non-ortho nitro benzene ring substituents is 1. The Bertz CT molecular complexity index is 1120. The Morgan fingerprint density at radius 3 is 2.57 bits per heavy atom. The number of hydrogen-bond acceptors (Lipinski definition) is 6. The molecule has 0 saturated heterocycles. The maximum atomic E-state index is 12.8. The van der Waals surface area contributed by atoms with E-state index in [0.29, 0.717) is 10.6 Å². The van der Waals surface area contributed by atoms with Gasteiger partial charge in [-0.15, -0.1) is 11.3 Å². The molecule has 1 N–H and O–H groups in total. The summed E-state index contributed by atoms with van der Waals surface area (Å²) >= 11 is 7.46. The van der Waals surface area contributed by atoms with Crippen molar-refractivity contribution in [3.05, 3.63) is 73.9 Å². The molecule has 0 fully saturated rings. The zero-order valence-corrected chi connectivity index (χ0v) is 17.9. The van der Waals surface area contributed by atoms with Gasteiger partial charge in [0.05, 0.1) is 21.2 Å². The van der Waals surface area contributed by atoms with Crippen LogP contribution in [0.25, 0.3) is 5.00 Å². The van der Waals surface area contributed by atoms with Crippen molar-refractivity contribution in [1.82, 2.24) is 4.57 Å². The van der Waals surface area contributed by atoms with Gasteiger partial charge < -0.3 is 14.6 Å². The smallest absolute Gasteiger partial charge is 0.342 e. The zero-order valence-electron chi connectivity index (χ0n) is 16.3. The molecule has 0 aliphatic heterocycles. The number of esters is 1. The molecule has 0 bridgehead atoms. The minimum absolute atomic E-state index is 0.0642. The quantitative estimate of drug-likeness (QED) is 0.329. The monoisotopic (exact) mass is 447 g/mol. The van der Waals surface area contributed by atoms with Crippen LogP contribution in [0.2, 0.25) is 5.02 Å². The molecule has 2 aromatic heterocycles. The van der Waals surface area contributed by atoms with E-state index in [9.17, 15) is 19.7 Å². The number of nitrogens with zero attached hydrogens (tertiary/aromatic N) is 2. The first kappa shape index (κ1) is 21.5. The standard InChI is InChI=1S/C20H18ClN3O5S/c1-11-13(3)30-19(23-8-4-5-9-23)17(11)20(26)29-12(2)18(25)22-16-10-14(24(27)28)6-7-15(16)21/h4-10,12H,1-3H3,(H,22,25). The number of hydrogen-bond donors (Lipinski definition) is 1. The summed E-state index contributed by atoms with van der Waals surface area (Å²) in [6.07, 6.45) is 2.49. The Balaban J connectivity index is 1.78. The molecule has 30 heavy (non-hydrogen) atoms. The van der Waals surface area contributed by atoms with Crippen LogP contribution in [0.1, 0.15) is 27.7 Å². The predicted molar refractivity (Wildman–Crippen MR) is 115 cm³/mol. The van der Waals surface area contributed by atoms with Crippen molar-refractivity contribution in [1.29, 1.82) is 0 Å². The number of rotatable bonds is 6. The van der Waals surface area contributed by atoms with E-state index in [2.05, 4.69) is 5.32 Å². The van der Waals surface area contributed by atoms with Crippen LogP contribution >= 0.6 is 22.9 Å². The molecule has 1 atom stereocenters. The number of carbonyl (C=O) groups is 2. The molecule has 0 saturated carbocycles. The highest BCUT2D eigenvalue weighted by Gasteiger charge is 2.26. The molecule has 156 valence electrons. The minimum atomic E-state index is -1.15. The first-order chi connectivity index (χ1) is 14.2. The third-order valence-corrected chi connectivity index (χ3v) is 6.03. The van der Waals surface area contributed by atoms with E-state index in [0.717, 1.165) is 16.5 Å². The first-order valence-corrected chi connectivity index (χ1v) is 10.1. The zero-order chi connectivity index (χ0) is 22.0. The number of benzene rings is 1. The van der Waals surface area contributed by atoms with Crippen molar-refractivity contribution >= 4 is 46.2 Å². The number of aromatic nitrogens is 1. The van der Waals surface area contributed by atoms with Crippen molar-refractivity contribution in [2.45, 2.75) is 26.9 Å². The fourth-order valence-electron chi connectivity index (χ4n) is 2.73. The van der Waals surface area contributed by atoms with Gasteiger partial charge in [0.2, 0.25) is 0 Å². The molecule has 10 heteroatoms. The number of nitro groups is 1. The summed E-state index contributed by atoms with van der Waals surface area (Å²) in [6.45, 7) is 5.15. The summed E-state index contributed by atoms with van der Waals surface area (Å²) in [6, 6.07) is 7.38. The highest BCUT2D eigenvalue weighted by atomic mass is 35.5. The van der Waals surface area contributed by atoms with Crippen LogP contribution in [0.5, 0.6) is 0 Å². The van der Waals surface area contributed by atoms with Crippen LogP contribution in [0, 0.1) is 24.0 Å². The molecule has 1 amide bonds. The summed E-state index contributed by atoms with van der Waals surface area (Å²) < 4.78 is 7.20. The average Bonchev–Trinajstić information content (AvgIpc) is 3.32. The Morgan fingerprint density at radius 2 is 1.93 bits per heavy atom. The number of anilines is 1. The number of nitro benzene ring substituents is 1. The van der Waals surface area contributed by atoms with Gasteiger partial charge in [-0.3, -0.25) is 14.9 Å². The largest absolute Gasteiger partial charge is 0.449 e. The summed E-state index contributed by atoms with van der Waals surface area (Å²) in [5.74, 6) is -1.29. The van der Waals surface area contributed by atoms with Gasteiger partial charge in [0.1, 0.15) is 5.00 Å². The molecule has 2 heterocycles. The van der Waals surface area contributed by atoms with Crippen LogP contribution in [0.15, 0.2) is 42.7 Å². The molecule has 1 unspecified atom stereocenters. The topological polar surface area (TPSA) is 103 Å². The number of carbonyl (C=O) groups excluding carboxylic acids is 2. The van der Waals surface area contributed by atoms with Gasteiger partial charge >= 0.3 is 5.97 Å². The molecule has 0 spiro atoms. The lowest BCUT2D eigenvalue weighted by Gasteiger charge is -2.15. The van der Waals surface area contributed by atoms with Gasteiger partial charge in [0.25, 0.3) is 11.6 Å². The minimum Gasteiger partial charge on any atom is -0.449 e. The molecule has 3 aromatic rings. The lowest BCUT2D eigenvalue weighted by Crippen LogP contribution is -2.30. The predicted octanol–water partition coefficient (Wildman–Crippen LogP) is 4.90. The molecule has 3 rings (SSSR count). The van der Waals surface area contributed by atoms with Gasteiger partial charge in [-0.25, -0.2) is 4.79 Å². The SMILES string of the molecule is Cc1sc(-n2cccc2)c(C(=O)OC(C)C(=O)Nc2cc([N+](=O)[O-])ccc2Cl)c1C. The highest BCUT2D eigenvalue weighted by molar-refractivity contribution is 7.15. The fraction of sp³-hybridized carbons (Fsp3) is 0.200. The number of halogens is 1. The third kappa shape index (κ3) is 4.37. The van der Waals surface area contributed by atoms with Gasteiger partial charge in [-0.05, 0) is 44.5 Å². The van der Waals surface area contributed by atoms with Gasteiger partial charge in [0.15, 0.2) is 6.10 Å². The van der Waals surface area contributed by atoms with Gasteiger partial charge in [-0.1, -0.05) is 11.6 Å². The van der Waals surface area contributed by atoms with E-state index in [4.69, 9.17) is 16.3 Å². The van der Waals surface area contributed by atoms with E-state index >= 15 is 0 Å². The maximum absolute atomic E-state index is 12.8. The molecular formula is C20H18ClN3O5S. The average molecular weight is 448 g/mol. The number of ether oxygens (including phenoxy) is 1. The van der Waals surface area contributed by atoms with E-state index in [1.807, 2.05) is 42.9 Å². The summed E-state index contributed by atoms with van der Waals surface area (Å²) in [5.41, 5.74) is 1.01. The first-order valence-electron chi connectivity index (χ1n) is 8.88. The van der Waals surface area contributed by atoms with E-state index < -0.39 is 22.9 Å². The Labute approximate surface area is 181 Å². The molecule has 0 radical (unpaired) electrons. The van der Waals surface area contributed by atoms with Crippen LogP contribution in [0.3, 0.4) is 0 Å². The Kier molecular flexibility index (Phi) is 6.23. The van der Waals surface area contributed by atoms with E-state index in [1.165, 1.54) is 30.4 Å². The molecule has 0 aliphatic rings. The summed E-state index contributed by atoms with van der Waals surface area (Å²) in [4.78, 5) is 36.6.